The molecule has 2 heteroatoms. The van der Waals surface area contributed by atoms with Crippen molar-refractivity contribution < 1.29 is 9.21 Å². The monoisotopic (exact) mass is 262 g/mol. The molecule has 1 heterocycles. The van der Waals surface area contributed by atoms with Crippen LogP contribution in [0.2, 0.25) is 0 Å². The fourth-order valence-electron chi connectivity index (χ4n) is 2.32. The van der Waals surface area contributed by atoms with E-state index < -0.39 is 0 Å². The van der Waals surface area contributed by atoms with Gasteiger partial charge >= 0.3 is 0 Å². The molecule has 0 aliphatic rings. The lowest BCUT2D eigenvalue weighted by atomic mass is 9.97. The van der Waals surface area contributed by atoms with E-state index in [-0.39, 0.29) is 0 Å². The molecule has 0 fully saturated rings. The first-order valence-corrected chi connectivity index (χ1v) is 6.49. The molecule has 0 amide bonds. The van der Waals surface area contributed by atoms with Gasteiger partial charge in [-0.05, 0) is 30.2 Å². The van der Waals surface area contributed by atoms with Crippen molar-refractivity contribution in [1.29, 1.82) is 0 Å². The number of hydrogen-bond acceptors (Lipinski definition) is 2. The fraction of sp³-hybridized carbons (Fsp3) is 0.0556. The average Bonchev–Trinajstić information content (AvgIpc) is 2.96. The number of carbonyl (C=O) groups excluding carboxylic acids is 1. The maximum Gasteiger partial charge on any atom is 0.185 e. The van der Waals surface area contributed by atoms with Gasteiger partial charge in [0.1, 0.15) is 5.76 Å². The molecule has 3 rings (SSSR count). The zero-order valence-corrected chi connectivity index (χ0v) is 11.2. The highest BCUT2D eigenvalue weighted by Gasteiger charge is 2.10. The van der Waals surface area contributed by atoms with Gasteiger partial charge in [0, 0.05) is 5.56 Å². The molecule has 0 radical (unpaired) electrons. The highest BCUT2D eigenvalue weighted by atomic mass is 16.3. The summed E-state index contributed by atoms with van der Waals surface area (Å²) in [5, 5.41) is 0. The third-order valence-electron chi connectivity index (χ3n) is 3.26. The molecule has 0 bridgehead atoms. The van der Waals surface area contributed by atoms with E-state index in [0.29, 0.717) is 11.5 Å². The number of rotatable bonds is 3. The Bertz CT molecular complexity index is 753. The Morgan fingerprint density at radius 2 is 1.70 bits per heavy atom. The molecule has 2 aromatic carbocycles. The largest absolute Gasteiger partial charge is 0.453 e. The van der Waals surface area contributed by atoms with Gasteiger partial charge in [0.05, 0.1) is 0 Å². The first-order valence-electron chi connectivity index (χ1n) is 6.49. The van der Waals surface area contributed by atoms with Crippen LogP contribution in [0.1, 0.15) is 16.1 Å². The highest BCUT2D eigenvalue weighted by Crippen LogP contribution is 2.33. The van der Waals surface area contributed by atoms with Crippen LogP contribution in [0.4, 0.5) is 0 Å². The summed E-state index contributed by atoms with van der Waals surface area (Å²) >= 11 is 0. The van der Waals surface area contributed by atoms with Crippen molar-refractivity contribution >= 4 is 6.29 Å². The van der Waals surface area contributed by atoms with Crippen LogP contribution in [0.5, 0.6) is 0 Å². The van der Waals surface area contributed by atoms with Crippen molar-refractivity contribution in [1.82, 2.24) is 0 Å². The first-order chi connectivity index (χ1) is 9.78. The van der Waals surface area contributed by atoms with Crippen molar-refractivity contribution in [2.24, 2.45) is 0 Å². The van der Waals surface area contributed by atoms with Gasteiger partial charge in [-0.25, -0.2) is 0 Å². The number of carbonyl (C=O) groups is 1. The van der Waals surface area contributed by atoms with Crippen LogP contribution in [0.15, 0.2) is 65.1 Å². The lowest BCUT2D eigenvalue weighted by Gasteiger charge is -2.08. The predicted molar refractivity (Wildman–Crippen MR) is 79.7 cm³/mol. The molecule has 0 aliphatic heterocycles. The second-order valence-electron chi connectivity index (χ2n) is 4.73. The molecular formula is C18H14O2. The van der Waals surface area contributed by atoms with E-state index >= 15 is 0 Å². The molecule has 2 nitrogen and oxygen atoms in total. The zero-order chi connectivity index (χ0) is 13.9. The van der Waals surface area contributed by atoms with Gasteiger partial charge in [0.2, 0.25) is 0 Å². The van der Waals surface area contributed by atoms with Gasteiger partial charge in [-0.2, -0.15) is 0 Å². The summed E-state index contributed by atoms with van der Waals surface area (Å²) < 4.78 is 5.54. The lowest BCUT2D eigenvalue weighted by molar-refractivity contribution is 0.110. The molecule has 3 aromatic rings. The third kappa shape index (κ3) is 2.28. The maximum absolute atomic E-state index is 10.8. The summed E-state index contributed by atoms with van der Waals surface area (Å²) in [6.07, 6.45) is 0.721. The molecule has 20 heavy (non-hydrogen) atoms. The van der Waals surface area contributed by atoms with E-state index in [1.165, 1.54) is 5.56 Å². The predicted octanol–water partition coefficient (Wildman–Crippen LogP) is 4.73. The summed E-state index contributed by atoms with van der Waals surface area (Å²) in [6.45, 7) is 2.07. The second-order valence-corrected chi connectivity index (χ2v) is 4.73. The fourth-order valence-corrected chi connectivity index (χ4v) is 2.32. The average molecular weight is 262 g/mol. The Hall–Kier alpha value is -2.61. The van der Waals surface area contributed by atoms with E-state index in [1.807, 2.05) is 30.3 Å². The topological polar surface area (TPSA) is 30.2 Å². The van der Waals surface area contributed by atoms with Crippen molar-refractivity contribution in [3.8, 4) is 22.5 Å². The molecule has 0 saturated carbocycles. The Morgan fingerprint density at radius 3 is 2.40 bits per heavy atom. The number of hydrogen-bond donors (Lipinski definition) is 0. The summed E-state index contributed by atoms with van der Waals surface area (Å²) in [7, 11) is 0. The minimum atomic E-state index is 0.346. The summed E-state index contributed by atoms with van der Waals surface area (Å²) in [4.78, 5) is 10.8. The van der Waals surface area contributed by atoms with Crippen LogP contribution in [0.3, 0.4) is 0 Å². The van der Waals surface area contributed by atoms with Crippen molar-refractivity contribution in [3.63, 3.8) is 0 Å². The molecule has 0 saturated heterocycles. The van der Waals surface area contributed by atoms with Gasteiger partial charge in [0.25, 0.3) is 0 Å². The number of aldehydes is 1. The molecule has 98 valence electrons. The second kappa shape index (κ2) is 5.17. The van der Waals surface area contributed by atoms with Gasteiger partial charge in [0.15, 0.2) is 12.0 Å². The third-order valence-corrected chi connectivity index (χ3v) is 3.26. The minimum Gasteiger partial charge on any atom is -0.453 e. The first kappa shape index (κ1) is 12.4. The van der Waals surface area contributed by atoms with E-state index in [1.54, 1.807) is 6.07 Å². The van der Waals surface area contributed by atoms with Gasteiger partial charge in [-0.15, -0.1) is 0 Å². The maximum atomic E-state index is 10.8. The lowest BCUT2D eigenvalue weighted by Crippen LogP contribution is -1.84. The van der Waals surface area contributed by atoms with E-state index in [2.05, 4.69) is 31.2 Å². The Balaban J connectivity index is 2.15. The van der Waals surface area contributed by atoms with Gasteiger partial charge in [-0.3, -0.25) is 4.79 Å². The minimum absolute atomic E-state index is 0.346. The molecule has 0 aliphatic carbocycles. The molecular weight excluding hydrogens is 248 g/mol. The van der Waals surface area contributed by atoms with E-state index in [0.717, 1.165) is 23.0 Å². The summed E-state index contributed by atoms with van der Waals surface area (Å²) in [6, 6.07) is 19.9. The van der Waals surface area contributed by atoms with Crippen molar-refractivity contribution in [2.75, 3.05) is 0 Å². The Kier molecular flexibility index (Phi) is 3.21. The molecule has 0 N–H and O–H groups in total. The van der Waals surface area contributed by atoms with Gasteiger partial charge in [-0.1, -0.05) is 54.1 Å². The summed E-state index contributed by atoms with van der Waals surface area (Å²) in [5.74, 6) is 1.06. The molecule has 0 atom stereocenters. The Morgan fingerprint density at radius 1 is 0.900 bits per heavy atom. The van der Waals surface area contributed by atoms with Gasteiger partial charge < -0.3 is 4.42 Å². The normalized spacial score (nSPS) is 10.4. The van der Waals surface area contributed by atoms with Crippen LogP contribution < -0.4 is 0 Å². The van der Waals surface area contributed by atoms with Crippen LogP contribution in [-0.2, 0) is 0 Å². The highest BCUT2D eigenvalue weighted by molar-refractivity contribution is 5.82. The van der Waals surface area contributed by atoms with Crippen molar-refractivity contribution in [3.05, 3.63) is 72.0 Å². The van der Waals surface area contributed by atoms with E-state index in [4.69, 9.17) is 4.42 Å². The number of benzene rings is 2. The number of aryl methyl sites for hydroxylation is 1. The standard InChI is InChI=1S/C18H14O2/c1-13-5-4-6-14(11-13)16-7-2-3-8-17(16)18-10-9-15(12-19)20-18/h2-12H,1H3. The van der Waals surface area contributed by atoms with Crippen LogP contribution in [0, 0.1) is 6.92 Å². The Labute approximate surface area is 117 Å². The molecule has 0 unspecified atom stereocenters. The SMILES string of the molecule is Cc1cccc(-c2ccccc2-c2ccc(C=O)o2)c1. The smallest absolute Gasteiger partial charge is 0.185 e. The van der Waals surface area contributed by atoms with Crippen LogP contribution >= 0.6 is 0 Å². The molecule has 1 aromatic heterocycles. The van der Waals surface area contributed by atoms with Crippen LogP contribution in [-0.4, -0.2) is 6.29 Å². The summed E-state index contributed by atoms with van der Waals surface area (Å²) in [5.41, 5.74) is 4.45. The quantitative estimate of drug-likeness (QED) is 0.638. The molecule has 0 spiro atoms. The van der Waals surface area contributed by atoms with E-state index in [9.17, 15) is 4.79 Å². The van der Waals surface area contributed by atoms with Crippen LogP contribution in [0.25, 0.3) is 22.5 Å². The number of furan rings is 1. The zero-order valence-electron chi connectivity index (χ0n) is 11.2. The van der Waals surface area contributed by atoms with Crippen molar-refractivity contribution in [2.45, 2.75) is 6.92 Å².